The van der Waals surface area contributed by atoms with Crippen LogP contribution in [0.2, 0.25) is 0 Å². The lowest BCUT2D eigenvalue weighted by Crippen LogP contribution is -2.28. The molecule has 0 bridgehead atoms. The smallest absolute Gasteiger partial charge is 0.337 e. The average Bonchev–Trinajstić information content (AvgIpc) is 2.70. The largest absolute Gasteiger partial charge is 0.486 e. The highest BCUT2D eigenvalue weighted by molar-refractivity contribution is 5.96. The molecule has 1 aliphatic rings. The van der Waals surface area contributed by atoms with Crippen molar-refractivity contribution in [3.63, 3.8) is 0 Å². The zero-order valence-electron chi connectivity index (χ0n) is 14.2. The van der Waals surface area contributed by atoms with Crippen LogP contribution in [0.5, 0.6) is 11.5 Å². The number of hydrogen-bond donors (Lipinski definition) is 2. The fourth-order valence-electron chi connectivity index (χ4n) is 2.55. The van der Waals surface area contributed by atoms with Crippen molar-refractivity contribution in [2.24, 2.45) is 0 Å². The minimum atomic E-state index is -0.885. The fourth-order valence-corrected chi connectivity index (χ4v) is 2.55. The Morgan fingerprint density at radius 2 is 1.73 bits per heavy atom. The van der Waals surface area contributed by atoms with Gasteiger partial charge in [-0.25, -0.2) is 4.79 Å². The van der Waals surface area contributed by atoms with Gasteiger partial charge in [0, 0.05) is 12.1 Å². The maximum Gasteiger partial charge on any atom is 0.337 e. The van der Waals surface area contributed by atoms with Crippen LogP contribution in [0.25, 0.3) is 0 Å². The summed E-state index contributed by atoms with van der Waals surface area (Å²) < 4.78 is 15.5. The van der Waals surface area contributed by atoms with Gasteiger partial charge in [-0.3, -0.25) is 4.79 Å². The van der Waals surface area contributed by atoms with Crippen molar-refractivity contribution < 1.29 is 28.9 Å². The van der Waals surface area contributed by atoms with E-state index < -0.39 is 12.1 Å². The monoisotopic (exact) mass is 357 g/mol. The third-order valence-electron chi connectivity index (χ3n) is 3.98. The summed E-state index contributed by atoms with van der Waals surface area (Å²) in [6.45, 7) is 1.00. The minimum absolute atomic E-state index is 0.0389. The van der Waals surface area contributed by atoms with Crippen molar-refractivity contribution in [3.05, 3.63) is 59.2 Å². The summed E-state index contributed by atoms with van der Waals surface area (Å²) in [7, 11) is 1.29. The first-order chi connectivity index (χ1) is 12.6. The van der Waals surface area contributed by atoms with E-state index in [2.05, 4.69) is 10.1 Å². The normalized spacial score (nSPS) is 13.6. The number of amides is 1. The van der Waals surface area contributed by atoms with Gasteiger partial charge < -0.3 is 24.6 Å². The fraction of sp³-hybridized carbons (Fsp3) is 0.263. The number of methoxy groups -OCH3 is 1. The molecule has 0 fully saturated rings. The van der Waals surface area contributed by atoms with Crippen molar-refractivity contribution in [2.45, 2.75) is 6.10 Å². The predicted octanol–water partition coefficient (Wildman–Crippen LogP) is 1.71. The molecule has 2 aromatic carbocycles. The number of esters is 1. The Kier molecular flexibility index (Phi) is 5.38. The molecule has 1 heterocycles. The summed E-state index contributed by atoms with van der Waals surface area (Å²) in [6, 6.07) is 11.2. The first-order valence-corrected chi connectivity index (χ1v) is 8.12. The number of aliphatic hydroxyl groups excluding tert-OH is 1. The van der Waals surface area contributed by atoms with Gasteiger partial charge in [0.1, 0.15) is 13.2 Å². The summed E-state index contributed by atoms with van der Waals surface area (Å²) in [5.74, 6) is 0.406. The topological polar surface area (TPSA) is 94.1 Å². The molecule has 136 valence electrons. The quantitative estimate of drug-likeness (QED) is 0.791. The number of benzene rings is 2. The van der Waals surface area contributed by atoms with Crippen molar-refractivity contribution in [3.8, 4) is 11.5 Å². The Morgan fingerprint density at radius 3 is 2.42 bits per heavy atom. The first-order valence-electron chi connectivity index (χ1n) is 8.12. The van der Waals surface area contributed by atoms with Crippen LogP contribution in [-0.4, -0.2) is 43.9 Å². The van der Waals surface area contributed by atoms with Gasteiger partial charge in [0.15, 0.2) is 11.5 Å². The third kappa shape index (κ3) is 3.94. The molecule has 7 heteroatoms. The van der Waals surface area contributed by atoms with Gasteiger partial charge in [0.05, 0.1) is 18.8 Å². The molecule has 26 heavy (non-hydrogen) atoms. The van der Waals surface area contributed by atoms with E-state index in [1.54, 1.807) is 18.2 Å². The van der Waals surface area contributed by atoms with Gasteiger partial charge in [0.2, 0.25) is 0 Å². The van der Waals surface area contributed by atoms with Crippen LogP contribution in [-0.2, 0) is 4.74 Å². The van der Waals surface area contributed by atoms with Gasteiger partial charge in [-0.2, -0.15) is 0 Å². The molecule has 0 saturated carbocycles. The molecule has 3 rings (SSSR count). The molecule has 2 N–H and O–H groups in total. The van der Waals surface area contributed by atoms with Gasteiger partial charge in [-0.1, -0.05) is 6.07 Å². The summed E-state index contributed by atoms with van der Waals surface area (Å²) in [4.78, 5) is 23.6. The Hall–Kier alpha value is -3.06. The van der Waals surface area contributed by atoms with Crippen LogP contribution < -0.4 is 14.8 Å². The number of carbonyl (C=O) groups excluding carboxylic acids is 2. The second-order valence-electron chi connectivity index (χ2n) is 5.70. The molecule has 0 radical (unpaired) electrons. The highest BCUT2D eigenvalue weighted by atomic mass is 16.6. The van der Waals surface area contributed by atoms with E-state index in [1.165, 1.54) is 31.4 Å². The molecule has 0 spiro atoms. The van der Waals surface area contributed by atoms with Gasteiger partial charge in [-0.05, 0) is 42.0 Å². The summed E-state index contributed by atoms with van der Waals surface area (Å²) in [5.41, 5.74) is 1.36. The Labute approximate surface area is 150 Å². The van der Waals surface area contributed by atoms with E-state index in [4.69, 9.17) is 9.47 Å². The number of ether oxygens (including phenoxy) is 3. The highest BCUT2D eigenvalue weighted by Crippen LogP contribution is 2.32. The maximum absolute atomic E-state index is 12.2. The summed E-state index contributed by atoms with van der Waals surface area (Å²) >= 11 is 0. The lowest BCUT2D eigenvalue weighted by atomic mass is 10.1. The molecular weight excluding hydrogens is 338 g/mol. The number of carbonyl (C=O) groups is 2. The molecule has 0 saturated heterocycles. The van der Waals surface area contributed by atoms with E-state index >= 15 is 0 Å². The number of rotatable bonds is 5. The van der Waals surface area contributed by atoms with Crippen LogP contribution in [0.4, 0.5) is 0 Å². The summed E-state index contributed by atoms with van der Waals surface area (Å²) in [5, 5.41) is 13.0. The summed E-state index contributed by atoms with van der Waals surface area (Å²) in [6.07, 6.45) is -0.885. The number of aliphatic hydroxyl groups is 1. The molecule has 0 aromatic heterocycles. The molecule has 1 amide bonds. The van der Waals surface area contributed by atoms with Crippen LogP contribution in [0, 0.1) is 0 Å². The zero-order chi connectivity index (χ0) is 18.5. The predicted molar refractivity (Wildman–Crippen MR) is 92.5 cm³/mol. The molecule has 1 atom stereocenters. The molecular formula is C19H19NO6. The van der Waals surface area contributed by atoms with Crippen molar-refractivity contribution in [1.29, 1.82) is 0 Å². The lowest BCUT2D eigenvalue weighted by molar-refractivity contribution is 0.0600. The van der Waals surface area contributed by atoms with Gasteiger partial charge in [-0.15, -0.1) is 0 Å². The third-order valence-corrected chi connectivity index (χ3v) is 3.98. The van der Waals surface area contributed by atoms with Crippen molar-refractivity contribution in [1.82, 2.24) is 5.32 Å². The first kappa shape index (κ1) is 17.8. The highest BCUT2D eigenvalue weighted by Gasteiger charge is 2.16. The van der Waals surface area contributed by atoms with E-state index in [1.807, 2.05) is 0 Å². The molecule has 0 unspecified atom stereocenters. The Morgan fingerprint density at radius 1 is 1.08 bits per heavy atom. The SMILES string of the molecule is COC(=O)c1ccc(C(=O)NC[C@@H](O)c2ccc3c(c2)OCCO3)cc1. The Balaban J connectivity index is 1.59. The maximum atomic E-state index is 12.2. The molecule has 1 aliphatic heterocycles. The zero-order valence-corrected chi connectivity index (χ0v) is 14.2. The lowest BCUT2D eigenvalue weighted by Gasteiger charge is -2.20. The molecule has 7 nitrogen and oxygen atoms in total. The second kappa shape index (κ2) is 7.88. The van der Waals surface area contributed by atoms with Crippen LogP contribution in [0.3, 0.4) is 0 Å². The van der Waals surface area contributed by atoms with E-state index in [9.17, 15) is 14.7 Å². The van der Waals surface area contributed by atoms with Crippen LogP contribution in [0.15, 0.2) is 42.5 Å². The molecule has 0 aliphatic carbocycles. The van der Waals surface area contributed by atoms with Crippen LogP contribution >= 0.6 is 0 Å². The number of hydrogen-bond acceptors (Lipinski definition) is 6. The average molecular weight is 357 g/mol. The van der Waals surface area contributed by atoms with E-state index in [0.717, 1.165) is 0 Å². The number of fused-ring (bicyclic) bond motifs is 1. The van der Waals surface area contributed by atoms with Crippen LogP contribution in [0.1, 0.15) is 32.4 Å². The second-order valence-corrected chi connectivity index (χ2v) is 5.70. The molecule has 2 aromatic rings. The van der Waals surface area contributed by atoms with E-state index in [-0.39, 0.29) is 12.5 Å². The minimum Gasteiger partial charge on any atom is -0.486 e. The van der Waals surface area contributed by atoms with Gasteiger partial charge >= 0.3 is 5.97 Å². The van der Waals surface area contributed by atoms with Gasteiger partial charge in [0.25, 0.3) is 5.91 Å². The standard InChI is InChI=1S/C19H19NO6/c1-24-19(23)13-4-2-12(3-5-13)18(22)20-11-15(21)14-6-7-16-17(10-14)26-9-8-25-16/h2-7,10,15,21H,8-9,11H2,1H3,(H,20,22)/t15-/m1/s1. The number of nitrogens with one attached hydrogen (secondary N) is 1. The van der Waals surface area contributed by atoms with Crippen molar-refractivity contribution >= 4 is 11.9 Å². The van der Waals surface area contributed by atoms with E-state index in [0.29, 0.717) is 41.4 Å². The van der Waals surface area contributed by atoms with Crippen molar-refractivity contribution in [2.75, 3.05) is 26.9 Å². The Bertz CT molecular complexity index is 802.